The van der Waals surface area contributed by atoms with Gasteiger partial charge in [0.05, 0.1) is 5.56 Å². The highest BCUT2D eigenvalue weighted by molar-refractivity contribution is 9.10. The van der Waals surface area contributed by atoms with Gasteiger partial charge in [-0.25, -0.2) is 0 Å². The van der Waals surface area contributed by atoms with Gasteiger partial charge >= 0.3 is 0 Å². The van der Waals surface area contributed by atoms with Gasteiger partial charge < -0.3 is 15.7 Å². The van der Waals surface area contributed by atoms with Crippen molar-refractivity contribution < 1.29 is 9.94 Å². The molecule has 0 aromatic heterocycles. The van der Waals surface area contributed by atoms with Crippen molar-refractivity contribution >= 4 is 21.8 Å². The zero-order chi connectivity index (χ0) is 16.0. The van der Waals surface area contributed by atoms with Crippen LogP contribution in [0.25, 0.3) is 0 Å². The summed E-state index contributed by atoms with van der Waals surface area (Å²) in [5.74, 6) is 0.647. The van der Waals surface area contributed by atoms with Crippen LogP contribution in [0.5, 0.6) is 5.75 Å². The van der Waals surface area contributed by atoms with Crippen molar-refractivity contribution in [3.05, 3.63) is 28.2 Å². The summed E-state index contributed by atoms with van der Waals surface area (Å²) < 4.78 is 6.71. The van der Waals surface area contributed by atoms with Crippen molar-refractivity contribution in [2.45, 2.75) is 39.8 Å². The minimum absolute atomic E-state index is 0.0436. The van der Waals surface area contributed by atoms with Crippen molar-refractivity contribution in [2.24, 2.45) is 10.9 Å². The Morgan fingerprint density at radius 2 is 1.95 bits per heavy atom. The Labute approximate surface area is 134 Å². The molecule has 1 aromatic rings. The Kier molecular flexibility index (Phi) is 6.98. The third-order valence-corrected chi connectivity index (χ3v) is 3.75. The second kappa shape index (κ2) is 8.24. The fourth-order valence-corrected chi connectivity index (χ4v) is 2.59. The van der Waals surface area contributed by atoms with Crippen LogP contribution in [0.2, 0.25) is 0 Å². The van der Waals surface area contributed by atoms with Crippen LogP contribution in [-0.4, -0.2) is 41.2 Å². The number of rotatable bonds is 7. The molecular weight excluding hydrogens is 334 g/mol. The summed E-state index contributed by atoms with van der Waals surface area (Å²) in [6, 6.07) is 6.33. The predicted molar refractivity (Wildman–Crippen MR) is 89.1 cm³/mol. The molecule has 0 saturated heterocycles. The van der Waals surface area contributed by atoms with E-state index in [1.807, 2.05) is 12.1 Å². The average molecular weight is 358 g/mol. The molecule has 1 rings (SSSR count). The van der Waals surface area contributed by atoms with Gasteiger partial charge in [0, 0.05) is 23.1 Å². The van der Waals surface area contributed by atoms with Gasteiger partial charge in [0.15, 0.2) is 5.84 Å². The lowest BCUT2D eigenvalue weighted by atomic mass is 10.2. The highest BCUT2D eigenvalue weighted by Crippen LogP contribution is 2.23. The zero-order valence-corrected chi connectivity index (χ0v) is 14.6. The molecule has 6 heteroatoms. The van der Waals surface area contributed by atoms with E-state index in [-0.39, 0.29) is 5.84 Å². The van der Waals surface area contributed by atoms with Crippen molar-refractivity contribution in [3.8, 4) is 5.75 Å². The molecule has 3 N–H and O–H groups in total. The minimum Gasteiger partial charge on any atom is -0.491 e. The molecule has 0 radical (unpaired) electrons. The van der Waals surface area contributed by atoms with Crippen LogP contribution >= 0.6 is 15.9 Å². The highest BCUT2D eigenvalue weighted by atomic mass is 79.9. The summed E-state index contributed by atoms with van der Waals surface area (Å²) in [5, 5.41) is 11.9. The van der Waals surface area contributed by atoms with Crippen LogP contribution in [0.15, 0.2) is 27.8 Å². The Balaban J connectivity index is 2.77. The third-order valence-electron chi connectivity index (χ3n) is 3.26. The summed E-state index contributed by atoms with van der Waals surface area (Å²) in [6.45, 7) is 10.0. The monoisotopic (exact) mass is 357 g/mol. The molecule has 0 atom stereocenters. The van der Waals surface area contributed by atoms with Gasteiger partial charge in [0.1, 0.15) is 12.4 Å². The number of oxime groups is 1. The molecule has 0 saturated carbocycles. The number of ether oxygens (including phenoxy) is 1. The van der Waals surface area contributed by atoms with E-state index in [1.54, 1.807) is 6.07 Å². The van der Waals surface area contributed by atoms with Gasteiger partial charge in [-0.15, -0.1) is 0 Å². The first kappa shape index (κ1) is 17.8. The first-order valence-electron chi connectivity index (χ1n) is 7.02. The smallest absolute Gasteiger partial charge is 0.173 e. The van der Waals surface area contributed by atoms with Gasteiger partial charge in [0.25, 0.3) is 0 Å². The maximum absolute atomic E-state index is 8.83. The van der Waals surface area contributed by atoms with E-state index in [4.69, 9.17) is 15.7 Å². The van der Waals surface area contributed by atoms with Crippen LogP contribution in [-0.2, 0) is 0 Å². The van der Waals surface area contributed by atoms with Crippen LogP contribution in [0.3, 0.4) is 0 Å². The maximum atomic E-state index is 8.83. The van der Waals surface area contributed by atoms with Crippen molar-refractivity contribution in [1.82, 2.24) is 4.90 Å². The molecule has 0 heterocycles. The number of amidine groups is 1. The fourth-order valence-electron chi connectivity index (χ4n) is 2.25. The largest absolute Gasteiger partial charge is 0.491 e. The van der Waals surface area contributed by atoms with Crippen LogP contribution in [0, 0.1) is 0 Å². The molecule has 0 bridgehead atoms. The number of hydrogen-bond acceptors (Lipinski definition) is 4. The quantitative estimate of drug-likeness (QED) is 0.340. The molecule has 0 amide bonds. The van der Waals surface area contributed by atoms with E-state index in [1.165, 1.54) is 0 Å². The lowest BCUT2D eigenvalue weighted by Gasteiger charge is -2.30. The number of benzene rings is 1. The van der Waals surface area contributed by atoms with E-state index in [0.717, 1.165) is 11.0 Å². The van der Waals surface area contributed by atoms with Gasteiger partial charge in [-0.05, 0) is 45.9 Å². The molecule has 0 aliphatic rings. The Morgan fingerprint density at radius 3 is 2.48 bits per heavy atom. The number of halogens is 1. The van der Waals surface area contributed by atoms with Gasteiger partial charge in [-0.2, -0.15) is 0 Å². The van der Waals surface area contributed by atoms with Gasteiger partial charge in [-0.1, -0.05) is 21.1 Å². The number of nitrogens with two attached hydrogens (primary N) is 1. The lowest BCUT2D eigenvalue weighted by molar-refractivity contribution is 0.142. The molecule has 0 aliphatic heterocycles. The van der Waals surface area contributed by atoms with E-state index < -0.39 is 0 Å². The zero-order valence-electron chi connectivity index (χ0n) is 13.0. The van der Waals surface area contributed by atoms with Crippen molar-refractivity contribution in [1.29, 1.82) is 0 Å². The molecule has 0 fully saturated rings. The predicted octanol–water partition coefficient (Wildman–Crippen LogP) is 3.04. The van der Waals surface area contributed by atoms with Crippen molar-refractivity contribution in [3.63, 3.8) is 0 Å². The highest BCUT2D eigenvalue weighted by Gasteiger charge is 2.14. The molecular formula is C15H24BrN3O2. The summed E-state index contributed by atoms with van der Waals surface area (Å²) in [5.41, 5.74) is 6.25. The Bertz CT molecular complexity index is 482. The molecule has 21 heavy (non-hydrogen) atoms. The van der Waals surface area contributed by atoms with Gasteiger partial charge in [-0.3, -0.25) is 4.90 Å². The number of nitrogens with zero attached hydrogens (tertiary/aromatic N) is 2. The van der Waals surface area contributed by atoms with Gasteiger partial charge in [0.2, 0.25) is 0 Å². The average Bonchev–Trinajstić information content (AvgIpc) is 2.42. The summed E-state index contributed by atoms with van der Waals surface area (Å²) in [6.07, 6.45) is 0. The molecule has 0 spiro atoms. The molecule has 0 aliphatic carbocycles. The Morgan fingerprint density at radius 1 is 1.33 bits per heavy atom. The lowest BCUT2D eigenvalue weighted by Crippen LogP contribution is -2.39. The number of hydrogen-bond donors (Lipinski definition) is 2. The normalized spacial score (nSPS) is 12.5. The van der Waals surface area contributed by atoms with E-state index in [0.29, 0.717) is 30.0 Å². The summed E-state index contributed by atoms with van der Waals surface area (Å²) in [4.78, 5) is 2.35. The minimum atomic E-state index is 0.0436. The van der Waals surface area contributed by atoms with E-state index >= 15 is 0 Å². The fraction of sp³-hybridized carbons (Fsp3) is 0.533. The molecule has 0 unspecified atom stereocenters. The molecule has 5 nitrogen and oxygen atoms in total. The maximum Gasteiger partial charge on any atom is 0.173 e. The SMILES string of the molecule is CC(C)N(CCOc1cc(Br)ccc1/C(N)=N/O)C(C)C. The second-order valence-electron chi connectivity index (χ2n) is 5.40. The first-order valence-corrected chi connectivity index (χ1v) is 7.82. The third kappa shape index (κ3) is 5.21. The topological polar surface area (TPSA) is 71.1 Å². The second-order valence-corrected chi connectivity index (χ2v) is 6.32. The van der Waals surface area contributed by atoms with E-state index in [9.17, 15) is 0 Å². The Hall–Kier alpha value is -1.27. The van der Waals surface area contributed by atoms with Crippen LogP contribution < -0.4 is 10.5 Å². The molecule has 1 aromatic carbocycles. The standard InChI is InChI=1S/C15H24BrN3O2/c1-10(2)19(11(3)4)7-8-21-14-9-12(16)5-6-13(14)15(17)18-20/h5-6,9-11,20H,7-8H2,1-4H3,(H2,17,18). The van der Waals surface area contributed by atoms with Crippen molar-refractivity contribution in [2.75, 3.05) is 13.2 Å². The summed E-state index contributed by atoms with van der Waals surface area (Å²) in [7, 11) is 0. The first-order chi connectivity index (χ1) is 9.86. The van der Waals surface area contributed by atoms with E-state index in [2.05, 4.69) is 53.7 Å². The summed E-state index contributed by atoms with van der Waals surface area (Å²) >= 11 is 3.40. The van der Waals surface area contributed by atoms with Crippen LogP contribution in [0.4, 0.5) is 0 Å². The molecule has 118 valence electrons. The van der Waals surface area contributed by atoms with Crippen LogP contribution in [0.1, 0.15) is 33.3 Å².